The third-order valence-electron chi connectivity index (χ3n) is 2.65. The zero-order valence-electron chi connectivity index (χ0n) is 11.6. The summed E-state index contributed by atoms with van der Waals surface area (Å²) in [5.74, 6) is 1.20. The van der Waals surface area contributed by atoms with Crippen molar-refractivity contribution in [2.45, 2.75) is 58.3 Å². The molecule has 0 unspecified atom stereocenters. The van der Waals surface area contributed by atoms with Crippen LogP contribution in [0.5, 0.6) is 0 Å². The number of hydrogen-bond acceptors (Lipinski definition) is 2. The number of amidine groups is 1. The minimum Gasteiger partial charge on any atom is -0.368 e. The van der Waals surface area contributed by atoms with E-state index in [1.165, 1.54) is 57.1 Å². The molecule has 0 aromatic rings. The maximum atomic E-state index is 4.14. The number of halogens is 1. The molecule has 0 spiro atoms. The second kappa shape index (κ2) is 16.1. The predicted molar refractivity (Wildman–Crippen MR) is 84.7 cm³/mol. The van der Waals surface area contributed by atoms with Crippen molar-refractivity contribution >= 4 is 29.3 Å². The standard InChI is InChI=1S/C13H28N2S.ClH/c1-4-5-6-7-8-9-10-11-12-16-13(14-2)15-3;/h4-12H2,1-3H3,(H,14,15);1H. The van der Waals surface area contributed by atoms with Crippen molar-refractivity contribution in [3.63, 3.8) is 0 Å². The number of nitrogens with zero attached hydrogens (tertiary/aromatic N) is 1. The number of aliphatic imine (C=N–C) groups is 1. The van der Waals surface area contributed by atoms with E-state index in [4.69, 9.17) is 0 Å². The molecule has 0 amide bonds. The van der Waals surface area contributed by atoms with Crippen molar-refractivity contribution in [3.05, 3.63) is 0 Å². The minimum atomic E-state index is 0. The van der Waals surface area contributed by atoms with Gasteiger partial charge in [-0.3, -0.25) is 4.99 Å². The molecule has 0 aromatic heterocycles. The highest BCUT2D eigenvalue weighted by molar-refractivity contribution is 8.13. The van der Waals surface area contributed by atoms with Gasteiger partial charge in [0.15, 0.2) is 5.17 Å². The van der Waals surface area contributed by atoms with E-state index in [0.717, 1.165) is 5.17 Å². The first kappa shape index (κ1) is 19.4. The van der Waals surface area contributed by atoms with Crippen LogP contribution < -0.4 is 5.32 Å². The highest BCUT2D eigenvalue weighted by atomic mass is 35.5. The molecule has 0 aliphatic rings. The summed E-state index contributed by atoms with van der Waals surface area (Å²) in [7, 11) is 3.77. The lowest BCUT2D eigenvalue weighted by Crippen LogP contribution is -2.14. The summed E-state index contributed by atoms with van der Waals surface area (Å²) in [4.78, 5) is 4.14. The minimum absolute atomic E-state index is 0. The summed E-state index contributed by atoms with van der Waals surface area (Å²) in [5.41, 5.74) is 0. The Hall–Kier alpha value is 0.110. The zero-order valence-corrected chi connectivity index (χ0v) is 13.3. The lowest BCUT2D eigenvalue weighted by molar-refractivity contribution is 0.586. The van der Waals surface area contributed by atoms with E-state index < -0.39 is 0 Å². The van der Waals surface area contributed by atoms with Gasteiger partial charge in [0, 0.05) is 19.8 Å². The van der Waals surface area contributed by atoms with Crippen LogP contribution in [0.2, 0.25) is 0 Å². The van der Waals surface area contributed by atoms with Gasteiger partial charge in [-0.15, -0.1) is 12.4 Å². The maximum Gasteiger partial charge on any atom is 0.156 e. The van der Waals surface area contributed by atoms with Crippen molar-refractivity contribution in [2.75, 3.05) is 19.8 Å². The molecule has 0 saturated heterocycles. The van der Waals surface area contributed by atoms with E-state index in [-0.39, 0.29) is 12.4 Å². The number of unbranched alkanes of at least 4 members (excludes halogenated alkanes) is 7. The largest absolute Gasteiger partial charge is 0.368 e. The Morgan fingerprint density at radius 1 is 1.00 bits per heavy atom. The van der Waals surface area contributed by atoms with Crippen molar-refractivity contribution in [2.24, 2.45) is 4.99 Å². The van der Waals surface area contributed by atoms with Crippen molar-refractivity contribution in [3.8, 4) is 0 Å². The van der Waals surface area contributed by atoms with Gasteiger partial charge in [-0.25, -0.2) is 0 Å². The number of hydrogen-bond donors (Lipinski definition) is 1. The van der Waals surface area contributed by atoms with Gasteiger partial charge in [-0.1, -0.05) is 63.6 Å². The van der Waals surface area contributed by atoms with E-state index in [9.17, 15) is 0 Å². The predicted octanol–water partition coefficient (Wildman–Crippen LogP) is 4.49. The summed E-state index contributed by atoms with van der Waals surface area (Å²) < 4.78 is 0. The first-order valence-corrected chi connectivity index (χ1v) is 7.61. The first-order valence-electron chi connectivity index (χ1n) is 6.62. The topological polar surface area (TPSA) is 24.4 Å². The average Bonchev–Trinajstić information content (AvgIpc) is 2.32. The highest BCUT2D eigenvalue weighted by Crippen LogP contribution is 2.11. The Morgan fingerprint density at radius 2 is 1.53 bits per heavy atom. The molecule has 0 bridgehead atoms. The third-order valence-corrected chi connectivity index (χ3v) is 3.81. The van der Waals surface area contributed by atoms with Gasteiger partial charge >= 0.3 is 0 Å². The van der Waals surface area contributed by atoms with E-state index in [2.05, 4.69) is 17.2 Å². The molecule has 0 fully saturated rings. The molecule has 1 N–H and O–H groups in total. The van der Waals surface area contributed by atoms with Crippen LogP contribution in [0.1, 0.15) is 58.3 Å². The Labute approximate surface area is 118 Å². The third kappa shape index (κ3) is 14.0. The molecular weight excluding hydrogens is 252 g/mol. The lowest BCUT2D eigenvalue weighted by Gasteiger charge is -2.04. The van der Waals surface area contributed by atoms with Crippen LogP contribution in [0.15, 0.2) is 4.99 Å². The molecule has 0 aromatic carbocycles. The van der Waals surface area contributed by atoms with Gasteiger partial charge in [0.2, 0.25) is 0 Å². The van der Waals surface area contributed by atoms with Crippen molar-refractivity contribution in [1.29, 1.82) is 0 Å². The Balaban J connectivity index is 0. The monoisotopic (exact) mass is 280 g/mol. The molecule has 17 heavy (non-hydrogen) atoms. The van der Waals surface area contributed by atoms with Crippen molar-refractivity contribution in [1.82, 2.24) is 5.32 Å². The normalized spacial score (nSPS) is 11.1. The first-order chi connectivity index (χ1) is 7.85. The molecule has 0 rings (SSSR count). The van der Waals surface area contributed by atoms with E-state index in [1.54, 1.807) is 0 Å². The summed E-state index contributed by atoms with van der Waals surface area (Å²) in [6.07, 6.45) is 11.1. The van der Waals surface area contributed by atoms with Crippen molar-refractivity contribution < 1.29 is 0 Å². The molecular formula is C13H29ClN2S. The molecule has 4 heteroatoms. The number of rotatable bonds is 9. The summed E-state index contributed by atoms with van der Waals surface area (Å²) in [6.45, 7) is 2.27. The molecule has 0 radical (unpaired) electrons. The smallest absolute Gasteiger partial charge is 0.156 e. The molecule has 0 heterocycles. The van der Waals surface area contributed by atoms with E-state index in [1.807, 2.05) is 25.9 Å². The maximum absolute atomic E-state index is 4.14. The van der Waals surface area contributed by atoms with E-state index >= 15 is 0 Å². The summed E-state index contributed by atoms with van der Waals surface area (Å²) in [6, 6.07) is 0. The lowest BCUT2D eigenvalue weighted by atomic mass is 10.1. The molecule has 0 saturated carbocycles. The van der Waals surface area contributed by atoms with Gasteiger partial charge in [-0.2, -0.15) is 0 Å². The fourth-order valence-electron chi connectivity index (χ4n) is 1.65. The molecule has 0 aliphatic heterocycles. The van der Waals surface area contributed by atoms with E-state index in [0.29, 0.717) is 0 Å². The molecule has 0 aliphatic carbocycles. The quantitative estimate of drug-likeness (QED) is 0.382. The highest BCUT2D eigenvalue weighted by Gasteiger charge is 1.96. The fraction of sp³-hybridized carbons (Fsp3) is 0.923. The summed E-state index contributed by atoms with van der Waals surface area (Å²) in [5, 5.41) is 4.15. The number of nitrogens with one attached hydrogen (secondary N) is 1. The Morgan fingerprint density at radius 3 is 2.00 bits per heavy atom. The summed E-state index contributed by atoms with van der Waals surface area (Å²) >= 11 is 1.83. The van der Waals surface area contributed by atoms with Gasteiger partial charge in [0.25, 0.3) is 0 Å². The molecule has 2 nitrogen and oxygen atoms in total. The average molecular weight is 281 g/mol. The fourth-order valence-corrected chi connectivity index (χ4v) is 2.47. The van der Waals surface area contributed by atoms with Crippen LogP contribution in [0.25, 0.3) is 0 Å². The zero-order chi connectivity index (χ0) is 12.1. The van der Waals surface area contributed by atoms with Crippen LogP contribution in [0, 0.1) is 0 Å². The Bertz CT molecular complexity index is 175. The van der Waals surface area contributed by atoms with Gasteiger partial charge in [-0.05, 0) is 6.42 Å². The Kier molecular flexibility index (Phi) is 18.4. The van der Waals surface area contributed by atoms with Crippen LogP contribution in [-0.2, 0) is 0 Å². The van der Waals surface area contributed by atoms with Gasteiger partial charge in [0.05, 0.1) is 0 Å². The second-order valence-corrected chi connectivity index (χ2v) is 5.19. The van der Waals surface area contributed by atoms with Crippen LogP contribution >= 0.6 is 24.2 Å². The van der Waals surface area contributed by atoms with Crippen LogP contribution in [0.4, 0.5) is 0 Å². The SMILES string of the molecule is CCCCCCCCCCSC(=NC)NC.Cl. The van der Waals surface area contributed by atoms with Crippen LogP contribution in [0.3, 0.4) is 0 Å². The molecule has 104 valence electrons. The van der Waals surface area contributed by atoms with Crippen LogP contribution in [-0.4, -0.2) is 25.0 Å². The number of thioether (sulfide) groups is 1. The molecule has 0 atom stereocenters. The second-order valence-electron chi connectivity index (χ2n) is 4.10. The van der Waals surface area contributed by atoms with Gasteiger partial charge in [0.1, 0.15) is 0 Å². The van der Waals surface area contributed by atoms with Gasteiger partial charge < -0.3 is 5.32 Å².